The van der Waals surface area contributed by atoms with Gasteiger partial charge in [-0.2, -0.15) is 5.10 Å². The van der Waals surface area contributed by atoms with Crippen LogP contribution in [-0.2, 0) is 17.9 Å². The van der Waals surface area contributed by atoms with Crippen LogP contribution in [0.15, 0.2) is 4.47 Å². The van der Waals surface area contributed by atoms with E-state index in [2.05, 4.69) is 32.9 Å². The minimum atomic E-state index is -0.686. The van der Waals surface area contributed by atoms with Crippen LogP contribution in [0.3, 0.4) is 0 Å². The first kappa shape index (κ1) is 14.5. The molecular formula is C13H20BrN3O2. The Balaban J connectivity index is 2.16. The van der Waals surface area contributed by atoms with Crippen LogP contribution in [0, 0.1) is 12.8 Å². The maximum atomic E-state index is 11.2. The first-order valence-electron chi connectivity index (χ1n) is 6.64. The number of carboxylic acids is 1. The fourth-order valence-electron chi connectivity index (χ4n) is 2.77. The number of rotatable bonds is 4. The van der Waals surface area contributed by atoms with Crippen molar-refractivity contribution in [3.8, 4) is 0 Å². The molecular weight excluding hydrogens is 310 g/mol. The summed E-state index contributed by atoms with van der Waals surface area (Å²) in [7, 11) is 0. The topological polar surface area (TPSA) is 58.4 Å². The molecule has 19 heavy (non-hydrogen) atoms. The van der Waals surface area contributed by atoms with E-state index in [4.69, 9.17) is 0 Å². The number of nitrogens with zero attached hydrogens (tertiary/aromatic N) is 3. The predicted octanol–water partition coefficient (Wildman–Crippen LogP) is 2.27. The van der Waals surface area contributed by atoms with Crippen LogP contribution in [0.5, 0.6) is 0 Å². The fourth-order valence-corrected chi connectivity index (χ4v) is 3.18. The predicted molar refractivity (Wildman–Crippen MR) is 76.0 cm³/mol. The summed E-state index contributed by atoms with van der Waals surface area (Å²) in [4.78, 5) is 13.4. The summed E-state index contributed by atoms with van der Waals surface area (Å²) in [5.74, 6) is -0.938. The van der Waals surface area contributed by atoms with Gasteiger partial charge in [0.25, 0.3) is 0 Å². The number of carboxylic acid groups (broad SMARTS) is 1. The molecule has 1 aromatic heterocycles. The van der Waals surface area contributed by atoms with Crippen LogP contribution >= 0.6 is 15.9 Å². The molecule has 0 saturated carbocycles. The molecule has 6 heteroatoms. The average Bonchev–Trinajstić information content (AvgIpc) is 2.85. The van der Waals surface area contributed by atoms with Gasteiger partial charge in [0.05, 0.1) is 21.8 Å². The molecule has 0 bridgehead atoms. The molecule has 1 aliphatic rings. The molecule has 2 unspecified atom stereocenters. The molecule has 0 aliphatic carbocycles. The van der Waals surface area contributed by atoms with E-state index in [1.54, 1.807) is 0 Å². The SMILES string of the molecule is CCn1nc(C)c(Br)c1CN1CCC(C(=O)O)C1C. The second-order valence-electron chi connectivity index (χ2n) is 5.11. The number of aromatic nitrogens is 2. The third-order valence-corrected chi connectivity index (χ3v) is 5.04. The van der Waals surface area contributed by atoms with Crippen molar-refractivity contribution >= 4 is 21.9 Å². The first-order chi connectivity index (χ1) is 8.95. The van der Waals surface area contributed by atoms with Crippen LogP contribution in [0.25, 0.3) is 0 Å². The van der Waals surface area contributed by atoms with E-state index < -0.39 is 5.97 Å². The van der Waals surface area contributed by atoms with Gasteiger partial charge in [-0.15, -0.1) is 0 Å². The van der Waals surface area contributed by atoms with Crippen LogP contribution in [0.2, 0.25) is 0 Å². The highest BCUT2D eigenvalue weighted by atomic mass is 79.9. The molecule has 2 heterocycles. The van der Waals surface area contributed by atoms with Gasteiger partial charge in [-0.1, -0.05) is 0 Å². The van der Waals surface area contributed by atoms with Gasteiger partial charge in [-0.05, 0) is 49.7 Å². The summed E-state index contributed by atoms with van der Waals surface area (Å²) >= 11 is 3.59. The molecule has 0 aromatic carbocycles. The summed E-state index contributed by atoms with van der Waals surface area (Å²) in [6.07, 6.45) is 0.730. The maximum absolute atomic E-state index is 11.2. The fraction of sp³-hybridized carbons (Fsp3) is 0.692. The molecule has 1 saturated heterocycles. The van der Waals surface area contributed by atoms with E-state index in [9.17, 15) is 9.90 Å². The lowest BCUT2D eigenvalue weighted by molar-refractivity contribution is -0.142. The molecule has 1 aliphatic heterocycles. The summed E-state index contributed by atoms with van der Waals surface area (Å²) in [5.41, 5.74) is 2.12. The van der Waals surface area contributed by atoms with E-state index in [-0.39, 0.29) is 12.0 Å². The van der Waals surface area contributed by atoms with Gasteiger partial charge in [-0.3, -0.25) is 14.4 Å². The van der Waals surface area contributed by atoms with Gasteiger partial charge in [0, 0.05) is 19.1 Å². The van der Waals surface area contributed by atoms with Crippen molar-refractivity contribution in [1.82, 2.24) is 14.7 Å². The Morgan fingerprint density at radius 3 is 2.79 bits per heavy atom. The zero-order valence-corrected chi connectivity index (χ0v) is 13.1. The number of hydrogen-bond donors (Lipinski definition) is 1. The average molecular weight is 330 g/mol. The largest absolute Gasteiger partial charge is 0.481 e. The van der Waals surface area contributed by atoms with Crippen LogP contribution in [0.4, 0.5) is 0 Å². The summed E-state index contributed by atoms with van der Waals surface area (Å²) in [5, 5.41) is 13.7. The number of aliphatic carboxylic acids is 1. The molecule has 1 fully saturated rings. The van der Waals surface area contributed by atoms with E-state index in [1.807, 2.05) is 18.5 Å². The Morgan fingerprint density at radius 1 is 1.58 bits per heavy atom. The number of hydrogen-bond acceptors (Lipinski definition) is 3. The lowest BCUT2D eigenvalue weighted by Crippen LogP contribution is -2.33. The smallest absolute Gasteiger partial charge is 0.308 e. The van der Waals surface area contributed by atoms with Crippen molar-refractivity contribution in [2.45, 2.75) is 46.3 Å². The normalized spacial score (nSPS) is 24.0. The lowest BCUT2D eigenvalue weighted by Gasteiger charge is -2.23. The van der Waals surface area contributed by atoms with Crippen LogP contribution in [-0.4, -0.2) is 38.3 Å². The Morgan fingerprint density at radius 2 is 2.26 bits per heavy atom. The van der Waals surface area contributed by atoms with Gasteiger partial charge in [0.2, 0.25) is 0 Å². The second kappa shape index (κ2) is 5.63. The molecule has 1 aromatic rings. The number of aryl methyl sites for hydroxylation is 2. The first-order valence-corrected chi connectivity index (χ1v) is 7.43. The van der Waals surface area contributed by atoms with Crippen molar-refractivity contribution in [2.24, 2.45) is 5.92 Å². The molecule has 106 valence electrons. The van der Waals surface area contributed by atoms with Gasteiger partial charge >= 0.3 is 5.97 Å². The van der Waals surface area contributed by atoms with Crippen molar-refractivity contribution in [3.05, 3.63) is 15.9 Å². The quantitative estimate of drug-likeness (QED) is 0.920. The van der Waals surface area contributed by atoms with Gasteiger partial charge in [-0.25, -0.2) is 0 Å². The Bertz CT molecular complexity index is 486. The Hall–Kier alpha value is -0.880. The van der Waals surface area contributed by atoms with E-state index in [0.717, 1.165) is 41.9 Å². The number of likely N-dealkylation sites (tertiary alicyclic amines) is 1. The summed E-state index contributed by atoms with van der Waals surface area (Å²) in [6, 6.07) is 0.0740. The second-order valence-corrected chi connectivity index (χ2v) is 5.90. The van der Waals surface area contributed by atoms with Crippen LogP contribution < -0.4 is 0 Å². The van der Waals surface area contributed by atoms with Crippen molar-refractivity contribution < 1.29 is 9.90 Å². The zero-order chi connectivity index (χ0) is 14.2. The van der Waals surface area contributed by atoms with Crippen molar-refractivity contribution in [3.63, 3.8) is 0 Å². The minimum Gasteiger partial charge on any atom is -0.481 e. The molecule has 5 nitrogen and oxygen atoms in total. The number of carbonyl (C=O) groups is 1. The number of halogens is 1. The van der Waals surface area contributed by atoms with E-state index in [0.29, 0.717) is 0 Å². The van der Waals surface area contributed by atoms with Gasteiger partial charge in [0.15, 0.2) is 0 Å². The highest BCUT2D eigenvalue weighted by Crippen LogP contribution is 2.29. The third-order valence-electron chi connectivity index (χ3n) is 4.01. The van der Waals surface area contributed by atoms with Gasteiger partial charge in [0.1, 0.15) is 0 Å². The Kier molecular flexibility index (Phi) is 4.30. The summed E-state index contributed by atoms with van der Waals surface area (Å²) in [6.45, 7) is 8.45. The third kappa shape index (κ3) is 2.69. The molecule has 2 rings (SSSR count). The zero-order valence-electron chi connectivity index (χ0n) is 11.6. The highest BCUT2D eigenvalue weighted by Gasteiger charge is 2.36. The molecule has 1 N–H and O–H groups in total. The van der Waals surface area contributed by atoms with Crippen LogP contribution in [0.1, 0.15) is 31.7 Å². The standard InChI is InChI=1S/C13H20BrN3O2/c1-4-17-11(12(14)8(2)15-17)7-16-6-5-10(9(16)3)13(18)19/h9-10H,4-7H2,1-3H3,(H,18,19). The maximum Gasteiger partial charge on any atom is 0.308 e. The molecule has 0 spiro atoms. The summed E-state index contributed by atoms with van der Waals surface area (Å²) < 4.78 is 3.03. The highest BCUT2D eigenvalue weighted by molar-refractivity contribution is 9.10. The van der Waals surface area contributed by atoms with E-state index >= 15 is 0 Å². The minimum absolute atomic E-state index is 0.0740. The lowest BCUT2D eigenvalue weighted by atomic mass is 10.0. The Labute approximate surface area is 121 Å². The van der Waals surface area contributed by atoms with Crippen molar-refractivity contribution in [1.29, 1.82) is 0 Å². The monoisotopic (exact) mass is 329 g/mol. The molecule has 0 radical (unpaired) electrons. The molecule has 2 atom stereocenters. The molecule has 0 amide bonds. The van der Waals surface area contributed by atoms with Crippen molar-refractivity contribution in [2.75, 3.05) is 6.54 Å². The van der Waals surface area contributed by atoms with E-state index in [1.165, 1.54) is 0 Å². The van der Waals surface area contributed by atoms with Gasteiger partial charge < -0.3 is 5.11 Å².